The summed E-state index contributed by atoms with van der Waals surface area (Å²) in [5, 5.41) is 5.48. The molecule has 3 rings (SSSR count). The Bertz CT molecular complexity index is 744. The van der Waals surface area contributed by atoms with Crippen LogP contribution in [0, 0.1) is 0 Å². The highest BCUT2D eigenvalue weighted by atomic mass is 32.2. The van der Waals surface area contributed by atoms with Gasteiger partial charge in [-0.1, -0.05) is 43.2 Å². The largest absolute Gasteiger partial charge is 0.233 e. The molecule has 3 nitrogen and oxygen atoms in total. The van der Waals surface area contributed by atoms with Crippen molar-refractivity contribution >= 4 is 27.4 Å². The molecule has 0 aliphatic heterocycles. The molecule has 0 amide bonds. The van der Waals surface area contributed by atoms with Crippen LogP contribution in [0.5, 0.6) is 0 Å². The minimum Gasteiger partial charge on any atom is -0.211 e. The molecule has 0 radical (unpaired) electrons. The fourth-order valence-electron chi connectivity index (χ4n) is 3.20. The molecule has 1 fully saturated rings. The smallest absolute Gasteiger partial charge is 0.211 e. The third kappa shape index (κ3) is 4.10. The molecule has 1 N–H and O–H groups in total. The van der Waals surface area contributed by atoms with E-state index in [1.807, 2.05) is 30.3 Å². The molecule has 0 bridgehead atoms. The lowest BCUT2D eigenvalue weighted by atomic mass is 9.81. The van der Waals surface area contributed by atoms with Gasteiger partial charge in [0.2, 0.25) is 10.0 Å². The Kier molecular flexibility index (Phi) is 4.99. The van der Waals surface area contributed by atoms with E-state index in [1.54, 1.807) is 17.4 Å². The van der Waals surface area contributed by atoms with Gasteiger partial charge in [-0.05, 0) is 46.9 Å². The maximum atomic E-state index is 12.3. The van der Waals surface area contributed by atoms with Gasteiger partial charge in [0.25, 0.3) is 0 Å². The number of hydrogen-bond acceptors (Lipinski definition) is 3. The van der Waals surface area contributed by atoms with Crippen molar-refractivity contribution in [3.05, 3.63) is 63.7 Å². The number of nitrogens with one attached hydrogen (secondary N) is 1. The molecule has 0 atom stereocenters. The average molecular weight is 348 g/mol. The fraction of sp³-hybridized carbons (Fsp3) is 0.333. The zero-order valence-corrected chi connectivity index (χ0v) is 14.6. The molecule has 1 aromatic heterocycles. The molecular formula is C18H21NO2S2. The van der Waals surface area contributed by atoms with Crippen molar-refractivity contribution in [1.29, 1.82) is 0 Å². The van der Waals surface area contributed by atoms with Crippen molar-refractivity contribution < 1.29 is 8.42 Å². The Morgan fingerprint density at radius 2 is 1.87 bits per heavy atom. The Hall–Kier alpha value is -1.43. The summed E-state index contributed by atoms with van der Waals surface area (Å²) in [5.41, 5.74) is 2.12. The van der Waals surface area contributed by atoms with Crippen LogP contribution in [0.2, 0.25) is 0 Å². The molecule has 0 saturated heterocycles. The molecular weight excluding hydrogens is 326 g/mol. The van der Waals surface area contributed by atoms with E-state index in [-0.39, 0.29) is 5.41 Å². The first-order valence-electron chi connectivity index (χ1n) is 7.85. The zero-order valence-electron chi connectivity index (χ0n) is 12.9. The van der Waals surface area contributed by atoms with Crippen LogP contribution in [-0.2, 0) is 15.4 Å². The Balaban J connectivity index is 1.69. The maximum absolute atomic E-state index is 12.3. The number of thiophene rings is 1. The second-order valence-corrected chi connectivity index (χ2v) is 8.51. The minimum atomic E-state index is -3.42. The van der Waals surface area contributed by atoms with Crippen LogP contribution in [0.4, 0.5) is 0 Å². The first kappa shape index (κ1) is 16.4. The molecule has 5 heteroatoms. The van der Waals surface area contributed by atoms with Crippen molar-refractivity contribution in [3.63, 3.8) is 0 Å². The van der Waals surface area contributed by atoms with Crippen LogP contribution in [0.15, 0.2) is 52.6 Å². The summed E-state index contributed by atoms with van der Waals surface area (Å²) < 4.78 is 27.3. The molecule has 1 heterocycles. The van der Waals surface area contributed by atoms with Crippen LogP contribution >= 0.6 is 11.3 Å². The summed E-state index contributed by atoms with van der Waals surface area (Å²) in [7, 11) is -3.42. The van der Waals surface area contributed by atoms with E-state index < -0.39 is 10.0 Å². The van der Waals surface area contributed by atoms with E-state index in [0.29, 0.717) is 6.54 Å². The summed E-state index contributed by atoms with van der Waals surface area (Å²) in [6.45, 7) is 0.477. The topological polar surface area (TPSA) is 46.2 Å². The normalized spacial score (nSPS) is 17.7. The lowest BCUT2D eigenvalue weighted by Crippen LogP contribution is -2.37. The lowest BCUT2D eigenvalue weighted by molar-refractivity contribution is 0.435. The van der Waals surface area contributed by atoms with Crippen molar-refractivity contribution in [1.82, 2.24) is 4.72 Å². The molecule has 122 valence electrons. The molecule has 1 saturated carbocycles. The quantitative estimate of drug-likeness (QED) is 0.853. The van der Waals surface area contributed by atoms with Crippen LogP contribution in [-0.4, -0.2) is 15.0 Å². The number of benzene rings is 1. The maximum Gasteiger partial charge on any atom is 0.233 e. The van der Waals surface area contributed by atoms with E-state index in [1.165, 1.54) is 11.0 Å². The van der Waals surface area contributed by atoms with Crippen LogP contribution < -0.4 is 4.72 Å². The summed E-state index contributed by atoms with van der Waals surface area (Å²) in [6, 6.07) is 11.6. The second kappa shape index (κ2) is 6.99. The van der Waals surface area contributed by atoms with E-state index >= 15 is 0 Å². The number of rotatable bonds is 6. The van der Waals surface area contributed by atoms with Crippen molar-refractivity contribution in [2.75, 3.05) is 6.54 Å². The summed E-state index contributed by atoms with van der Waals surface area (Å²) in [5.74, 6) is 0. The van der Waals surface area contributed by atoms with E-state index in [0.717, 1.165) is 31.2 Å². The molecule has 23 heavy (non-hydrogen) atoms. The first-order valence-corrected chi connectivity index (χ1v) is 10.3. The van der Waals surface area contributed by atoms with E-state index in [4.69, 9.17) is 0 Å². The van der Waals surface area contributed by atoms with Gasteiger partial charge in [0.1, 0.15) is 0 Å². The minimum absolute atomic E-state index is 0.0341. The highest BCUT2D eigenvalue weighted by Gasteiger charge is 2.36. The average Bonchev–Trinajstić information content (AvgIpc) is 3.24. The van der Waals surface area contributed by atoms with Gasteiger partial charge in [0, 0.05) is 17.4 Å². The summed E-state index contributed by atoms with van der Waals surface area (Å²) in [4.78, 5) is 0. The standard InChI is InChI=1S/C18H21NO2S2/c20-23(21,13-9-16-6-2-1-3-7-16)19-15-18(10-4-5-11-18)17-8-12-22-14-17/h1-3,6-9,12-14,19H,4-5,10-11,15H2. The molecule has 1 aliphatic rings. The van der Waals surface area contributed by atoms with Gasteiger partial charge in [-0.25, -0.2) is 13.1 Å². The van der Waals surface area contributed by atoms with Crippen molar-refractivity contribution in [2.45, 2.75) is 31.1 Å². The third-order valence-corrected chi connectivity index (χ3v) is 6.27. The lowest BCUT2D eigenvalue weighted by Gasteiger charge is -2.28. The fourth-order valence-corrected chi connectivity index (χ4v) is 4.89. The molecule has 2 aromatic rings. The molecule has 0 spiro atoms. The zero-order chi connectivity index (χ0) is 16.2. The molecule has 1 aliphatic carbocycles. The highest BCUT2D eigenvalue weighted by molar-refractivity contribution is 7.92. The van der Waals surface area contributed by atoms with Gasteiger partial charge in [0.05, 0.1) is 0 Å². The molecule has 1 aromatic carbocycles. The monoisotopic (exact) mass is 347 g/mol. The summed E-state index contributed by atoms with van der Waals surface area (Å²) >= 11 is 1.67. The predicted octanol–water partition coefficient (Wildman–Crippen LogP) is 4.15. The van der Waals surface area contributed by atoms with Crippen LogP contribution in [0.25, 0.3) is 6.08 Å². The Morgan fingerprint density at radius 1 is 1.13 bits per heavy atom. The number of hydrogen-bond donors (Lipinski definition) is 1. The predicted molar refractivity (Wildman–Crippen MR) is 96.9 cm³/mol. The van der Waals surface area contributed by atoms with E-state index in [9.17, 15) is 8.42 Å². The van der Waals surface area contributed by atoms with Crippen LogP contribution in [0.1, 0.15) is 36.8 Å². The van der Waals surface area contributed by atoms with Gasteiger partial charge < -0.3 is 0 Å². The Labute approximate surface area is 142 Å². The van der Waals surface area contributed by atoms with Gasteiger partial charge >= 0.3 is 0 Å². The number of sulfonamides is 1. The third-order valence-electron chi connectivity index (χ3n) is 4.55. The van der Waals surface area contributed by atoms with Crippen molar-refractivity contribution in [3.8, 4) is 0 Å². The van der Waals surface area contributed by atoms with Gasteiger partial charge in [-0.2, -0.15) is 11.3 Å². The van der Waals surface area contributed by atoms with Gasteiger partial charge in [-0.15, -0.1) is 0 Å². The SMILES string of the molecule is O=S(=O)(C=Cc1ccccc1)NCC1(c2ccsc2)CCCC1. The summed E-state index contributed by atoms with van der Waals surface area (Å²) in [6.07, 6.45) is 6.06. The van der Waals surface area contributed by atoms with Crippen LogP contribution in [0.3, 0.4) is 0 Å². The van der Waals surface area contributed by atoms with E-state index in [2.05, 4.69) is 21.5 Å². The first-order chi connectivity index (χ1) is 11.1. The molecule has 0 unspecified atom stereocenters. The van der Waals surface area contributed by atoms with Crippen molar-refractivity contribution in [2.24, 2.45) is 0 Å². The Morgan fingerprint density at radius 3 is 2.52 bits per heavy atom. The van der Waals surface area contributed by atoms with Gasteiger partial charge in [0.15, 0.2) is 0 Å². The highest BCUT2D eigenvalue weighted by Crippen LogP contribution is 2.41. The van der Waals surface area contributed by atoms with Gasteiger partial charge in [-0.3, -0.25) is 0 Å². The second-order valence-electron chi connectivity index (χ2n) is 6.08.